The van der Waals surface area contributed by atoms with Gasteiger partial charge in [-0.05, 0) is 18.8 Å². The zero-order valence-corrected chi connectivity index (χ0v) is 9.21. The number of hydrogen-bond donors (Lipinski definition) is 0. The summed E-state index contributed by atoms with van der Waals surface area (Å²) >= 11 is 0. The third-order valence-corrected chi connectivity index (χ3v) is 2.54. The van der Waals surface area contributed by atoms with Gasteiger partial charge >= 0.3 is 0 Å². The molecule has 2 heteroatoms. The van der Waals surface area contributed by atoms with Crippen molar-refractivity contribution in [1.29, 1.82) is 0 Å². The average molecular weight is 198 g/mol. The van der Waals surface area contributed by atoms with Crippen molar-refractivity contribution in [2.75, 3.05) is 0 Å². The number of carbonyl (C=O) groups excluding carboxylic acids is 2. The van der Waals surface area contributed by atoms with Crippen LogP contribution in [0.15, 0.2) is 0 Å². The maximum Gasteiger partial charge on any atom is 0.119 e. The van der Waals surface area contributed by atoms with Gasteiger partial charge < -0.3 is 9.59 Å². The van der Waals surface area contributed by atoms with Crippen LogP contribution in [-0.2, 0) is 9.59 Å². The van der Waals surface area contributed by atoms with E-state index < -0.39 is 0 Å². The number of carbonyl (C=O) groups is 2. The fourth-order valence-electron chi connectivity index (χ4n) is 1.59. The molecule has 0 aromatic carbocycles. The van der Waals surface area contributed by atoms with Crippen LogP contribution in [0.5, 0.6) is 0 Å². The smallest absolute Gasteiger partial charge is 0.119 e. The largest absolute Gasteiger partial charge is 0.303 e. The molecule has 2 nitrogen and oxygen atoms in total. The maximum atomic E-state index is 10.1. The molecule has 0 rings (SSSR count). The van der Waals surface area contributed by atoms with E-state index in [1.165, 1.54) is 12.8 Å². The molecule has 0 spiro atoms. The molecule has 0 N–H and O–H groups in total. The summed E-state index contributed by atoms with van der Waals surface area (Å²) in [4.78, 5) is 20.1. The summed E-state index contributed by atoms with van der Waals surface area (Å²) in [5, 5.41) is 0. The van der Waals surface area contributed by atoms with E-state index in [-0.39, 0.29) is 0 Å². The van der Waals surface area contributed by atoms with Crippen molar-refractivity contribution >= 4 is 12.6 Å². The minimum atomic E-state index is 0.706. The van der Waals surface area contributed by atoms with Crippen molar-refractivity contribution in [2.24, 2.45) is 5.92 Å². The lowest BCUT2D eigenvalue weighted by molar-refractivity contribution is -0.108. The van der Waals surface area contributed by atoms with Crippen molar-refractivity contribution in [1.82, 2.24) is 0 Å². The Hall–Kier alpha value is -0.660. The van der Waals surface area contributed by atoms with Crippen LogP contribution >= 0.6 is 0 Å². The minimum absolute atomic E-state index is 0.706. The number of unbranched alkanes of at least 4 members (excludes halogenated alkanes) is 4. The second-order valence-corrected chi connectivity index (χ2v) is 4.01. The summed E-state index contributed by atoms with van der Waals surface area (Å²) < 4.78 is 0. The Morgan fingerprint density at radius 1 is 0.857 bits per heavy atom. The molecule has 0 heterocycles. The molecule has 0 aromatic heterocycles. The summed E-state index contributed by atoms with van der Waals surface area (Å²) in [7, 11) is 0. The van der Waals surface area contributed by atoms with E-state index in [0.717, 1.165) is 44.2 Å². The topological polar surface area (TPSA) is 34.1 Å². The van der Waals surface area contributed by atoms with E-state index >= 15 is 0 Å². The first-order chi connectivity index (χ1) is 6.81. The molecule has 14 heavy (non-hydrogen) atoms. The van der Waals surface area contributed by atoms with Gasteiger partial charge in [0.25, 0.3) is 0 Å². The molecule has 0 saturated heterocycles. The van der Waals surface area contributed by atoms with E-state index in [1.807, 2.05) is 0 Å². The van der Waals surface area contributed by atoms with E-state index in [9.17, 15) is 9.59 Å². The van der Waals surface area contributed by atoms with Gasteiger partial charge in [0, 0.05) is 12.8 Å². The molecular formula is C12H22O2. The SMILES string of the molecule is CC(CCCCC=O)CCCCC=O. The Kier molecular flexibility index (Phi) is 9.93. The second kappa shape index (κ2) is 10.4. The van der Waals surface area contributed by atoms with Crippen LogP contribution in [-0.4, -0.2) is 12.6 Å². The molecule has 0 fully saturated rings. The molecule has 0 radical (unpaired) electrons. The predicted molar refractivity (Wildman–Crippen MR) is 58.2 cm³/mol. The minimum Gasteiger partial charge on any atom is -0.303 e. The predicted octanol–water partition coefficient (Wildman–Crippen LogP) is 3.14. The Labute approximate surface area is 87.1 Å². The van der Waals surface area contributed by atoms with Crippen LogP contribution in [0.4, 0.5) is 0 Å². The quantitative estimate of drug-likeness (QED) is 0.399. The molecule has 0 atom stereocenters. The van der Waals surface area contributed by atoms with Crippen molar-refractivity contribution < 1.29 is 9.59 Å². The third kappa shape index (κ3) is 9.43. The van der Waals surface area contributed by atoms with E-state index in [2.05, 4.69) is 6.92 Å². The maximum absolute atomic E-state index is 10.1. The van der Waals surface area contributed by atoms with Gasteiger partial charge in [0.05, 0.1) is 0 Å². The summed E-state index contributed by atoms with van der Waals surface area (Å²) in [6, 6.07) is 0. The van der Waals surface area contributed by atoms with Crippen LogP contribution in [0.25, 0.3) is 0 Å². The highest BCUT2D eigenvalue weighted by atomic mass is 16.1. The van der Waals surface area contributed by atoms with Gasteiger partial charge in [0.1, 0.15) is 12.6 Å². The van der Waals surface area contributed by atoms with E-state index in [1.54, 1.807) is 0 Å². The number of rotatable bonds is 10. The summed E-state index contributed by atoms with van der Waals surface area (Å²) in [5.41, 5.74) is 0. The first-order valence-electron chi connectivity index (χ1n) is 5.68. The average Bonchev–Trinajstić information content (AvgIpc) is 2.19. The van der Waals surface area contributed by atoms with Crippen molar-refractivity contribution in [2.45, 2.75) is 58.3 Å². The highest BCUT2D eigenvalue weighted by molar-refractivity contribution is 5.49. The van der Waals surface area contributed by atoms with Crippen molar-refractivity contribution in [3.63, 3.8) is 0 Å². The lowest BCUT2D eigenvalue weighted by Gasteiger charge is -2.09. The summed E-state index contributed by atoms with van der Waals surface area (Å²) in [5.74, 6) is 0.744. The first-order valence-corrected chi connectivity index (χ1v) is 5.68. The molecule has 0 aliphatic rings. The molecule has 0 saturated carbocycles. The number of aldehydes is 2. The molecule has 0 unspecified atom stereocenters. The fourth-order valence-corrected chi connectivity index (χ4v) is 1.59. The third-order valence-electron chi connectivity index (χ3n) is 2.54. The normalized spacial score (nSPS) is 10.4. The highest BCUT2D eigenvalue weighted by Crippen LogP contribution is 2.15. The molecule has 0 aliphatic carbocycles. The Bertz CT molecular complexity index is 127. The Balaban J connectivity index is 3.14. The van der Waals surface area contributed by atoms with Crippen molar-refractivity contribution in [3.05, 3.63) is 0 Å². The van der Waals surface area contributed by atoms with Crippen LogP contribution in [0.3, 0.4) is 0 Å². The van der Waals surface area contributed by atoms with Crippen LogP contribution in [0.1, 0.15) is 58.3 Å². The van der Waals surface area contributed by atoms with Crippen LogP contribution < -0.4 is 0 Å². The highest BCUT2D eigenvalue weighted by Gasteiger charge is 2.01. The molecule has 82 valence electrons. The molecule has 0 amide bonds. The van der Waals surface area contributed by atoms with Gasteiger partial charge in [-0.2, -0.15) is 0 Å². The molecule has 0 aromatic rings. The second-order valence-electron chi connectivity index (χ2n) is 4.01. The van der Waals surface area contributed by atoms with Crippen molar-refractivity contribution in [3.8, 4) is 0 Å². The van der Waals surface area contributed by atoms with Crippen LogP contribution in [0, 0.1) is 5.92 Å². The van der Waals surface area contributed by atoms with E-state index in [4.69, 9.17) is 0 Å². The van der Waals surface area contributed by atoms with Gasteiger partial charge in [-0.15, -0.1) is 0 Å². The van der Waals surface area contributed by atoms with Gasteiger partial charge in [-0.1, -0.05) is 32.6 Å². The lowest BCUT2D eigenvalue weighted by atomic mass is 9.97. The summed E-state index contributed by atoms with van der Waals surface area (Å²) in [6.07, 6.45) is 10.2. The molecular weight excluding hydrogens is 176 g/mol. The van der Waals surface area contributed by atoms with Crippen LogP contribution in [0.2, 0.25) is 0 Å². The zero-order valence-electron chi connectivity index (χ0n) is 9.21. The van der Waals surface area contributed by atoms with Gasteiger partial charge in [-0.25, -0.2) is 0 Å². The van der Waals surface area contributed by atoms with Gasteiger partial charge in [0.2, 0.25) is 0 Å². The first kappa shape index (κ1) is 13.3. The lowest BCUT2D eigenvalue weighted by Crippen LogP contribution is -1.95. The van der Waals surface area contributed by atoms with Gasteiger partial charge in [0.15, 0.2) is 0 Å². The monoisotopic (exact) mass is 198 g/mol. The molecule has 0 aliphatic heterocycles. The molecule has 0 bridgehead atoms. The van der Waals surface area contributed by atoms with E-state index in [0.29, 0.717) is 12.8 Å². The Morgan fingerprint density at radius 2 is 1.29 bits per heavy atom. The fraction of sp³-hybridized carbons (Fsp3) is 0.833. The zero-order chi connectivity index (χ0) is 10.6. The number of hydrogen-bond acceptors (Lipinski definition) is 2. The summed E-state index contributed by atoms with van der Waals surface area (Å²) in [6.45, 7) is 2.25. The standard InChI is InChI=1S/C12H22O2/c1-12(8-4-2-6-10-13)9-5-3-7-11-14/h10-12H,2-9H2,1H3. The van der Waals surface area contributed by atoms with Gasteiger partial charge in [-0.3, -0.25) is 0 Å². The Morgan fingerprint density at radius 3 is 1.64 bits per heavy atom.